The number of aliphatic hydroxyl groups excluding tert-OH is 3. The predicted molar refractivity (Wildman–Crippen MR) is 58.6 cm³/mol. The molecule has 90 valence electrons. The first kappa shape index (κ1) is 12.9. The van der Waals surface area contributed by atoms with Crippen molar-refractivity contribution in [1.29, 1.82) is 0 Å². The van der Waals surface area contributed by atoms with E-state index in [9.17, 15) is 10.2 Å². The summed E-state index contributed by atoms with van der Waals surface area (Å²) in [5.74, 6) is 0. The molecule has 4 heteroatoms. The quantitative estimate of drug-likeness (QED) is 0.605. The van der Waals surface area contributed by atoms with Gasteiger partial charge in [0.05, 0.1) is 18.8 Å². The van der Waals surface area contributed by atoms with Gasteiger partial charge in [-0.05, 0) is 32.2 Å². The molecule has 15 heavy (non-hydrogen) atoms. The van der Waals surface area contributed by atoms with Gasteiger partial charge in [-0.15, -0.1) is 0 Å². The number of likely N-dealkylation sites (N-methyl/N-ethyl adjacent to an activating group) is 1. The lowest BCUT2D eigenvalue weighted by Crippen LogP contribution is -2.43. The Morgan fingerprint density at radius 3 is 2.33 bits per heavy atom. The molecule has 0 saturated heterocycles. The summed E-state index contributed by atoms with van der Waals surface area (Å²) < 4.78 is 0. The van der Waals surface area contributed by atoms with Crippen molar-refractivity contribution in [3.8, 4) is 0 Å². The van der Waals surface area contributed by atoms with E-state index in [0.717, 1.165) is 32.2 Å². The van der Waals surface area contributed by atoms with Crippen LogP contribution in [0.25, 0.3) is 0 Å². The Labute approximate surface area is 91.5 Å². The van der Waals surface area contributed by atoms with E-state index in [1.54, 1.807) is 0 Å². The molecule has 0 bridgehead atoms. The van der Waals surface area contributed by atoms with E-state index in [1.165, 1.54) is 0 Å². The maximum atomic E-state index is 9.40. The van der Waals surface area contributed by atoms with Crippen LogP contribution in [0.3, 0.4) is 0 Å². The van der Waals surface area contributed by atoms with Gasteiger partial charge in [0, 0.05) is 12.6 Å². The van der Waals surface area contributed by atoms with Gasteiger partial charge < -0.3 is 15.3 Å². The summed E-state index contributed by atoms with van der Waals surface area (Å²) in [6, 6.07) is 0.458. The molecule has 1 aliphatic carbocycles. The second-order valence-electron chi connectivity index (χ2n) is 4.39. The highest BCUT2D eigenvalue weighted by molar-refractivity contribution is 4.80. The highest BCUT2D eigenvalue weighted by atomic mass is 16.3. The monoisotopic (exact) mass is 217 g/mol. The highest BCUT2D eigenvalue weighted by Crippen LogP contribution is 2.23. The van der Waals surface area contributed by atoms with E-state index >= 15 is 0 Å². The molecule has 1 aliphatic rings. The van der Waals surface area contributed by atoms with Crippen molar-refractivity contribution < 1.29 is 15.3 Å². The van der Waals surface area contributed by atoms with Gasteiger partial charge in [-0.25, -0.2) is 0 Å². The Morgan fingerprint density at radius 1 is 1.27 bits per heavy atom. The number of rotatable bonds is 5. The zero-order chi connectivity index (χ0) is 11.3. The molecule has 0 aromatic heterocycles. The van der Waals surface area contributed by atoms with Crippen LogP contribution < -0.4 is 0 Å². The van der Waals surface area contributed by atoms with E-state index in [2.05, 4.69) is 11.8 Å². The number of hydrogen-bond donors (Lipinski definition) is 3. The van der Waals surface area contributed by atoms with E-state index in [4.69, 9.17) is 5.11 Å². The summed E-state index contributed by atoms with van der Waals surface area (Å²) >= 11 is 0. The fourth-order valence-corrected chi connectivity index (χ4v) is 2.29. The largest absolute Gasteiger partial charge is 0.394 e. The molecule has 0 aromatic rings. The molecule has 1 saturated carbocycles. The topological polar surface area (TPSA) is 63.9 Å². The summed E-state index contributed by atoms with van der Waals surface area (Å²) in [5, 5.41) is 27.6. The van der Waals surface area contributed by atoms with Gasteiger partial charge >= 0.3 is 0 Å². The van der Waals surface area contributed by atoms with Gasteiger partial charge in [-0.2, -0.15) is 0 Å². The average Bonchev–Trinajstić information content (AvgIpc) is 2.27. The Morgan fingerprint density at radius 2 is 1.87 bits per heavy atom. The van der Waals surface area contributed by atoms with E-state index in [0.29, 0.717) is 12.6 Å². The van der Waals surface area contributed by atoms with Crippen LogP contribution in [0.5, 0.6) is 0 Å². The van der Waals surface area contributed by atoms with Crippen molar-refractivity contribution in [1.82, 2.24) is 4.90 Å². The molecule has 1 unspecified atom stereocenters. The summed E-state index contributed by atoms with van der Waals surface area (Å²) in [4.78, 5) is 2.20. The minimum atomic E-state index is -0.642. The maximum absolute atomic E-state index is 9.40. The SMILES string of the molecule is CCN(CC(O)CO)C1CCC(O)CC1. The molecule has 3 N–H and O–H groups in total. The molecule has 0 aliphatic heterocycles. The van der Waals surface area contributed by atoms with E-state index in [1.807, 2.05) is 0 Å². The third-order valence-corrected chi connectivity index (χ3v) is 3.24. The maximum Gasteiger partial charge on any atom is 0.0897 e. The Balaban J connectivity index is 2.37. The summed E-state index contributed by atoms with van der Waals surface area (Å²) in [5.41, 5.74) is 0. The van der Waals surface area contributed by atoms with Crippen molar-refractivity contribution in [2.24, 2.45) is 0 Å². The molecule has 0 heterocycles. The first-order chi connectivity index (χ1) is 7.17. The van der Waals surface area contributed by atoms with E-state index in [-0.39, 0.29) is 12.7 Å². The molecule has 1 rings (SSSR count). The Hall–Kier alpha value is -0.160. The zero-order valence-electron chi connectivity index (χ0n) is 9.47. The molecule has 1 atom stereocenters. The van der Waals surface area contributed by atoms with Crippen molar-refractivity contribution in [3.63, 3.8) is 0 Å². The summed E-state index contributed by atoms with van der Waals surface area (Å²) in [6.45, 7) is 3.31. The highest BCUT2D eigenvalue weighted by Gasteiger charge is 2.24. The van der Waals surface area contributed by atoms with Crippen molar-refractivity contribution in [3.05, 3.63) is 0 Å². The fraction of sp³-hybridized carbons (Fsp3) is 1.00. The van der Waals surface area contributed by atoms with Crippen molar-refractivity contribution >= 4 is 0 Å². The molecular formula is C11H23NO3. The van der Waals surface area contributed by atoms with Gasteiger partial charge in [0.25, 0.3) is 0 Å². The second-order valence-corrected chi connectivity index (χ2v) is 4.39. The first-order valence-electron chi connectivity index (χ1n) is 5.88. The lowest BCUT2D eigenvalue weighted by Gasteiger charge is -2.35. The fourth-order valence-electron chi connectivity index (χ4n) is 2.29. The van der Waals surface area contributed by atoms with Gasteiger partial charge in [0.15, 0.2) is 0 Å². The molecule has 0 amide bonds. The number of nitrogens with zero attached hydrogens (tertiary/aromatic N) is 1. The van der Waals surface area contributed by atoms with Crippen LogP contribution in [-0.4, -0.2) is 58.2 Å². The van der Waals surface area contributed by atoms with Gasteiger partial charge in [0.1, 0.15) is 0 Å². The first-order valence-corrected chi connectivity index (χ1v) is 5.88. The molecular weight excluding hydrogens is 194 g/mol. The molecule has 4 nitrogen and oxygen atoms in total. The lowest BCUT2D eigenvalue weighted by molar-refractivity contribution is 0.0247. The van der Waals surface area contributed by atoms with Crippen LogP contribution in [0.15, 0.2) is 0 Å². The molecule has 0 radical (unpaired) electrons. The van der Waals surface area contributed by atoms with Crippen molar-refractivity contribution in [2.75, 3.05) is 19.7 Å². The minimum absolute atomic E-state index is 0.136. The van der Waals surface area contributed by atoms with Crippen LogP contribution in [0.4, 0.5) is 0 Å². The Kier molecular flexibility index (Phi) is 5.53. The van der Waals surface area contributed by atoms with Gasteiger partial charge in [-0.1, -0.05) is 6.92 Å². The Bertz CT molecular complexity index is 169. The molecule has 0 aromatic carbocycles. The average molecular weight is 217 g/mol. The summed E-state index contributed by atoms with van der Waals surface area (Å²) in [6.07, 6.45) is 2.92. The minimum Gasteiger partial charge on any atom is -0.394 e. The van der Waals surface area contributed by atoms with Gasteiger partial charge in [0.2, 0.25) is 0 Å². The van der Waals surface area contributed by atoms with Crippen LogP contribution >= 0.6 is 0 Å². The summed E-state index contributed by atoms with van der Waals surface area (Å²) in [7, 11) is 0. The standard InChI is InChI=1S/C11H23NO3/c1-2-12(7-11(15)8-13)9-3-5-10(14)6-4-9/h9-11,13-15H,2-8H2,1H3. The smallest absolute Gasteiger partial charge is 0.0897 e. The number of hydrogen-bond acceptors (Lipinski definition) is 4. The van der Waals surface area contributed by atoms with Gasteiger partial charge in [-0.3, -0.25) is 4.90 Å². The third kappa shape index (κ3) is 4.07. The lowest BCUT2D eigenvalue weighted by atomic mass is 9.92. The van der Waals surface area contributed by atoms with Crippen LogP contribution in [-0.2, 0) is 0 Å². The molecule has 0 spiro atoms. The second kappa shape index (κ2) is 6.43. The van der Waals surface area contributed by atoms with Crippen LogP contribution in [0, 0.1) is 0 Å². The predicted octanol–water partition coefficient (Wildman–Crippen LogP) is -0.0350. The van der Waals surface area contributed by atoms with Crippen molar-refractivity contribution in [2.45, 2.75) is 50.9 Å². The molecule has 1 fully saturated rings. The zero-order valence-corrected chi connectivity index (χ0v) is 9.47. The van der Waals surface area contributed by atoms with E-state index < -0.39 is 6.10 Å². The third-order valence-electron chi connectivity index (χ3n) is 3.24. The van der Waals surface area contributed by atoms with Crippen LogP contribution in [0.2, 0.25) is 0 Å². The van der Waals surface area contributed by atoms with Crippen LogP contribution in [0.1, 0.15) is 32.6 Å². The number of aliphatic hydroxyl groups is 3. The normalized spacial score (nSPS) is 29.4.